The van der Waals surface area contributed by atoms with Crippen molar-refractivity contribution in [2.75, 3.05) is 10.2 Å². The van der Waals surface area contributed by atoms with Gasteiger partial charge >= 0.3 is 0 Å². The van der Waals surface area contributed by atoms with Crippen LogP contribution in [-0.4, -0.2) is 31.5 Å². The van der Waals surface area contributed by atoms with Crippen LogP contribution in [0.5, 0.6) is 0 Å². The fraction of sp³-hybridized carbons (Fsp3) is 0.167. The largest absolute Gasteiger partial charge is 0.320 e. The summed E-state index contributed by atoms with van der Waals surface area (Å²) in [6.45, 7) is 3.69. The summed E-state index contributed by atoms with van der Waals surface area (Å²) < 4.78 is 28.7. The van der Waals surface area contributed by atoms with Crippen molar-refractivity contribution < 1.29 is 13.6 Å². The smallest absolute Gasteiger partial charge is 0.247 e. The Kier molecular flexibility index (Phi) is 5.08. The Hall–Kier alpha value is -4.14. The summed E-state index contributed by atoms with van der Waals surface area (Å²) in [5, 5.41) is 2.92. The van der Waals surface area contributed by atoms with Gasteiger partial charge in [0.05, 0.1) is 5.69 Å². The van der Waals surface area contributed by atoms with Crippen LogP contribution in [0.2, 0.25) is 0 Å². The van der Waals surface area contributed by atoms with Gasteiger partial charge in [0.15, 0.2) is 5.82 Å². The molecule has 3 heterocycles. The zero-order valence-corrected chi connectivity index (χ0v) is 18.0. The number of carbonyl (C=O) groups is 1. The van der Waals surface area contributed by atoms with Crippen molar-refractivity contribution in [3.05, 3.63) is 78.3 Å². The van der Waals surface area contributed by atoms with Crippen molar-refractivity contribution >= 4 is 23.1 Å². The SMILES string of the molecule is CCC1C(=O)Nc2c(C)nc(-n3ccnc3-c3ccc(F)cc3)nc2N1c1ccc(F)cc1. The number of halogens is 2. The minimum Gasteiger partial charge on any atom is -0.320 e. The molecule has 9 heteroatoms. The molecule has 1 N–H and O–H groups in total. The van der Waals surface area contributed by atoms with Gasteiger partial charge in [0.2, 0.25) is 11.9 Å². The first kappa shape index (κ1) is 20.7. The topological polar surface area (TPSA) is 75.9 Å². The number of fused-ring (bicyclic) bond motifs is 1. The van der Waals surface area contributed by atoms with Gasteiger partial charge < -0.3 is 10.2 Å². The van der Waals surface area contributed by atoms with Crippen LogP contribution in [0.1, 0.15) is 19.0 Å². The molecule has 0 spiro atoms. The van der Waals surface area contributed by atoms with E-state index in [1.807, 2.05) is 6.92 Å². The van der Waals surface area contributed by atoms with E-state index in [1.54, 1.807) is 53.0 Å². The highest BCUT2D eigenvalue weighted by Gasteiger charge is 2.36. The van der Waals surface area contributed by atoms with Crippen LogP contribution >= 0.6 is 0 Å². The number of anilines is 3. The quantitative estimate of drug-likeness (QED) is 0.488. The third-order valence-electron chi connectivity index (χ3n) is 5.60. The lowest BCUT2D eigenvalue weighted by Crippen LogP contribution is -2.46. The van der Waals surface area contributed by atoms with Crippen molar-refractivity contribution in [1.29, 1.82) is 0 Å². The number of rotatable bonds is 4. The molecule has 0 aliphatic carbocycles. The number of imidazole rings is 1. The molecule has 166 valence electrons. The number of carbonyl (C=O) groups excluding carboxylic acids is 1. The summed E-state index contributed by atoms with van der Waals surface area (Å²) in [4.78, 5) is 28.4. The fourth-order valence-electron chi connectivity index (χ4n) is 3.99. The van der Waals surface area contributed by atoms with Crippen molar-refractivity contribution in [3.8, 4) is 17.3 Å². The summed E-state index contributed by atoms with van der Waals surface area (Å²) in [6.07, 6.45) is 3.86. The summed E-state index contributed by atoms with van der Waals surface area (Å²) in [5.74, 6) is 0.526. The maximum atomic E-state index is 13.6. The molecule has 7 nitrogen and oxygen atoms in total. The molecule has 1 unspecified atom stereocenters. The highest BCUT2D eigenvalue weighted by atomic mass is 19.1. The van der Waals surface area contributed by atoms with E-state index in [2.05, 4.69) is 15.3 Å². The highest BCUT2D eigenvalue weighted by Crippen LogP contribution is 2.39. The molecule has 4 aromatic rings. The van der Waals surface area contributed by atoms with E-state index in [4.69, 9.17) is 4.98 Å². The average molecular weight is 446 g/mol. The minimum atomic E-state index is -0.524. The molecule has 5 rings (SSSR count). The van der Waals surface area contributed by atoms with Gasteiger partial charge in [-0.2, -0.15) is 4.98 Å². The van der Waals surface area contributed by atoms with Crippen molar-refractivity contribution in [1.82, 2.24) is 19.5 Å². The number of hydrogen-bond acceptors (Lipinski definition) is 5. The number of aryl methyl sites for hydroxylation is 1. The first-order chi connectivity index (χ1) is 16.0. The van der Waals surface area contributed by atoms with Crippen LogP contribution in [0.25, 0.3) is 17.3 Å². The zero-order valence-electron chi connectivity index (χ0n) is 18.0. The fourth-order valence-corrected chi connectivity index (χ4v) is 3.99. The predicted octanol–water partition coefficient (Wildman–Crippen LogP) is 4.78. The molecule has 0 radical (unpaired) electrons. The Morgan fingerprint density at radius 3 is 2.33 bits per heavy atom. The van der Waals surface area contributed by atoms with Gasteiger partial charge in [-0.05, 0) is 61.9 Å². The van der Waals surface area contributed by atoms with Gasteiger partial charge in [0.1, 0.15) is 29.2 Å². The van der Waals surface area contributed by atoms with E-state index in [9.17, 15) is 13.6 Å². The Morgan fingerprint density at radius 2 is 1.67 bits per heavy atom. The standard InChI is InChI=1S/C24H20F2N6O/c1-3-19-23(33)29-20-14(2)28-24(30-22(20)32(19)18-10-8-17(26)9-11-18)31-13-12-27-21(31)15-4-6-16(25)7-5-15/h4-13,19H,3H2,1-2H3,(H,29,33). The molecule has 0 fully saturated rings. The third kappa shape index (κ3) is 3.61. The van der Waals surface area contributed by atoms with Gasteiger partial charge in [-0.1, -0.05) is 6.92 Å². The molecule has 1 atom stereocenters. The van der Waals surface area contributed by atoms with E-state index in [0.29, 0.717) is 46.6 Å². The van der Waals surface area contributed by atoms with E-state index in [1.165, 1.54) is 24.3 Å². The molecule has 33 heavy (non-hydrogen) atoms. The minimum absolute atomic E-state index is 0.177. The molecule has 1 aliphatic heterocycles. The first-order valence-corrected chi connectivity index (χ1v) is 10.5. The molecule has 2 aromatic heterocycles. The second-order valence-corrected chi connectivity index (χ2v) is 7.70. The normalized spacial score (nSPS) is 15.3. The molecule has 0 saturated carbocycles. The first-order valence-electron chi connectivity index (χ1n) is 10.5. The number of benzene rings is 2. The average Bonchev–Trinajstić information content (AvgIpc) is 3.30. The maximum absolute atomic E-state index is 13.6. The third-order valence-corrected chi connectivity index (χ3v) is 5.60. The van der Waals surface area contributed by atoms with Crippen LogP contribution in [0.3, 0.4) is 0 Å². The molecule has 0 bridgehead atoms. The number of hydrogen-bond donors (Lipinski definition) is 1. The van der Waals surface area contributed by atoms with Crippen LogP contribution in [-0.2, 0) is 4.79 Å². The Labute approximate surface area is 188 Å². The summed E-state index contributed by atoms with van der Waals surface area (Å²) in [6, 6.07) is 11.4. The monoisotopic (exact) mass is 446 g/mol. The molecule has 1 amide bonds. The van der Waals surface area contributed by atoms with Crippen LogP contribution in [0, 0.1) is 18.6 Å². The number of nitrogens with one attached hydrogen (secondary N) is 1. The Morgan fingerprint density at radius 1 is 1.00 bits per heavy atom. The number of nitrogens with zero attached hydrogens (tertiary/aromatic N) is 5. The molecular formula is C24H20F2N6O. The summed E-state index contributed by atoms with van der Waals surface area (Å²) >= 11 is 0. The van der Waals surface area contributed by atoms with Gasteiger partial charge in [-0.15, -0.1) is 0 Å². The van der Waals surface area contributed by atoms with Crippen LogP contribution in [0.4, 0.5) is 26.0 Å². The zero-order chi connectivity index (χ0) is 23.1. The summed E-state index contributed by atoms with van der Waals surface area (Å²) in [7, 11) is 0. The van der Waals surface area contributed by atoms with Crippen molar-refractivity contribution in [2.24, 2.45) is 0 Å². The predicted molar refractivity (Wildman–Crippen MR) is 121 cm³/mol. The van der Waals surface area contributed by atoms with Crippen molar-refractivity contribution in [2.45, 2.75) is 26.3 Å². The van der Waals surface area contributed by atoms with Crippen LogP contribution in [0.15, 0.2) is 60.9 Å². The van der Waals surface area contributed by atoms with E-state index < -0.39 is 6.04 Å². The summed E-state index contributed by atoms with van der Waals surface area (Å²) in [5.41, 5.74) is 2.42. The van der Waals surface area contributed by atoms with E-state index in [-0.39, 0.29) is 17.5 Å². The Balaban J connectivity index is 1.68. The van der Waals surface area contributed by atoms with E-state index in [0.717, 1.165) is 0 Å². The number of aromatic nitrogens is 4. The van der Waals surface area contributed by atoms with Crippen molar-refractivity contribution in [3.63, 3.8) is 0 Å². The van der Waals surface area contributed by atoms with Gasteiger partial charge in [0.25, 0.3) is 0 Å². The molecule has 0 saturated heterocycles. The maximum Gasteiger partial charge on any atom is 0.247 e. The Bertz CT molecular complexity index is 1330. The van der Waals surface area contributed by atoms with E-state index >= 15 is 0 Å². The number of amides is 1. The molecule has 2 aromatic carbocycles. The second-order valence-electron chi connectivity index (χ2n) is 7.70. The lowest BCUT2D eigenvalue weighted by Gasteiger charge is -2.37. The lowest BCUT2D eigenvalue weighted by molar-refractivity contribution is -0.117. The second kappa shape index (κ2) is 8.09. The van der Waals surface area contributed by atoms with Crippen LogP contribution < -0.4 is 10.2 Å². The molecule has 1 aliphatic rings. The molecular weight excluding hydrogens is 426 g/mol. The van der Waals surface area contributed by atoms with Gasteiger partial charge in [0, 0.05) is 23.6 Å². The lowest BCUT2D eigenvalue weighted by atomic mass is 10.1. The van der Waals surface area contributed by atoms with Gasteiger partial charge in [-0.3, -0.25) is 9.36 Å². The van der Waals surface area contributed by atoms with Gasteiger partial charge in [-0.25, -0.2) is 18.7 Å². The highest BCUT2D eigenvalue weighted by molar-refractivity contribution is 6.05.